The Bertz CT molecular complexity index is 380. The first-order valence-electron chi connectivity index (χ1n) is 7.32. The second-order valence-electron chi connectivity index (χ2n) is 5.80. The number of aliphatic hydroxyl groups is 1. The van der Waals surface area contributed by atoms with E-state index in [0.29, 0.717) is 0 Å². The third-order valence-corrected chi connectivity index (χ3v) is 4.29. The van der Waals surface area contributed by atoms with Crippen LogP contribution in [0.1, 0.15) is 44.2 Å². The van der Waals surface area contributed by atoms with Gasteiger partial charge in [0.05, 0.1) is 6.10 Å². The molecule has 0 saturated heterocycles. The van der Waals surface area contributed by atoms with Gasteiger partial charge >= 0.3 is 0 Å². The van der Waals surface area contributed by atoms with E-state index in [1.54, 1.807) is 0 Å². The Hall–Kier alpha value is -0.900. The summed E-state index contributed by atoms with van der Waals surface area (Å²) in [4.78, 5) is 2.28. The molecule has 4 atom stereocenters. The molecule has 1 aromatic rings. The van der Waals surface area contributed by atoms with Gasteiger partial charge in [-0.1, -0.05) is 43.2 Å². The molecule has 0 heterocycles. The van der Waals surface area contributed by atoms with Crippen LogP contribution in [0.25, 0.3) is 0 Å². The van der Waals surface area contributed by atoms with Gasteiger partial charge in [0.15, 0.2) is 0 Å². The molecular weight excluding hydrogens is 236 g/mol. The van der Waals surface area contributed by atoms with Crippen LogP contribution in [0.3, 0.4) is 0 Å². The summed E-state index contributed by atoms with van der Waals surface area (Å²) in [5.74, 6) is 0. The summed E-state index contributed by atoms with van der Waals surface area (Å²) in [6.45, 7) is 2.05. The number of benzene rings is 1. The van der Waals surface area contributed by atoms with E-state index in [1.807, 2.05) is 13.0 Å². The fraction of sp³-hybridized carbons (Fsp3) is 0.625. The van der Waals surface area contributed by atoms with E-state index in [0.717, 1.165) is 19.3 Å². The van der Waals surface area contributed by atoms with Crippen LogP contribution in [0.4, 0.5) is 0 Å². The molecule has 1 aliphatic carbocycles. The van der Waals surface area contributed by atoms with E-state index < -0.39 is 0 Å². The molecule has 3 N–H and O–H groups in total. The number of likely N-dealkylation sites (N-methyl/N-ethyl adjacent to an activating group) is 1. The highest BCUT2D eigenvalue weighted by atomic mass is 16.3. The highest BCUT2D eigenvalue weighted by Gasteiger charge is 2.32. The van der Waals surface area contributed by atoms with Crippen molar-refractivity contribution in [1.29, 1.82) is 0 Å². The maximum atomic E-state index is 10.2. The minimum atomic E-state index is -0.219. The lowest BCUT2D eigenvalue weighted by Gasteiger charge is -2.41. The topological polar surface area (TPSA) is 49.5 Å². The predicted octanol–water partition coefficient (Wildman–Crippen LogP) is 2.31. The van der Waals surface area contributed by atoms with Crippen molar-refractivity contribution in [3.8, 4) is 0 Å². The lowest BCUT2D eigenvalue weighted by Crippen LogP contribution is -2.49. The summed E-state index contributed by atoms with van der Waals surface area (Å²) in [5.41, 5.74) is 7.43. The smallest absolute Gasteiger partial charge is 0.0695 e. The lowest BCUT2D eigenvalue weighted by molar-refractivity contribution is 0.00791. The van der Waals surface area contributed by atoms with E-state index in [2.05, 4.69) is 36.2 Å². The van der Waals surface area contributed by atoms with E-state index in [4.69, 9.17) is 5.73 Å². The zero-order valence-corrected chi connectivity index (χ0v) is 12.0. The largest absolute Gasteiger partial charge is 0.391 e. The van der Waals surface area contributed by atoms with E-state index in [-0.39, 0.29) is 24.2 Å². The number of nitrogens with two attached hydrogens (primary N) is 1. The first-order chi connectivity index (χ1) is 9.11. The Balaban J connectivity index is 2.19. The summed E-state index contributed by atoms with van der Waals surface area (Å²) in [6.07, 6.45) is 4.10. The van der Waals surface area contributed by atoms with Crippen LogP contribution < -0.4 is 5.73 Å². The monoisotopic (exact) mass is 262 g/mol. The normalized spacial score (nSPS) is 27.2. The van der Waals surface area contributed by atoms with Crippen LogP contribution in [0.15, 0.2) is 30.3 Å². The Kier molecular flexibility index (Phi) is 4.97. The van der Waals surface area contributed by atoms with Gasteiger partial charge in [-0.2, -0.15) is 0 Å². The van der Waals surface area contributed by atoms with Crippen molar-refractivity contribution in [2.24, 2.45) is 5.73 Å². The van der Waals surface area contributed by atoms with Crippen LogP contribution in [-0.2, 0) is 0 Å². The molecule has 4 unspecified atom stereocenters. The summed E-state index contributed by atoms with van der Waals surface area (Å²) < 4.78 is 0. The van der Waals surface area contributed by atoms with Crippen molar-refractivity contribution in [2.45, 2.75) is 56.8 Å². The van der Waals surface area contributed by atoms with E-state index in [9.17, 15) is 5.11 Å². The Morgan fingerprint density at radius 1 is 1.21 bits per heavy atom. The summed E-state index contributed by atoms with van der Waals surface area (Å²) >= 11 is 0. The Morgan fingerprint density at radius 3 is 2.42 bits per heavy atom. The molecular formula is C16H26N2O. The SMILES string of the molecule is CC(N)C(c1ccccc1)N(C)C1CCCCC1O. The first-order valence-corrected chi connectivity index (χ1v) is 7.32. The molecule has 0 aliphatic heterocycles. The maximum absolute atomic E-state index is 10.2. The third kappa shape index (κ3) is 3.35. The molecule has 1 aromatic carbocycles. The number of nitrogens with zero attached hydrogens (tertiary/aromatic N) is 1. The highest BCUT2D eigenvalue weighted by molar-refractivity contribution is 5.20. The first kappa shape index (κ1) is 14.5. The highest BCUT2D eigenvalue weighted by Crippen LogP contribution is 2.30. The standard InChI is InChI=1S/C16H26N2O/c1-12(17)16(13-8-4-3-5-9-13)18(2)14-10-6-7-11-15(14)19/h3-5,8-9,12,14-16,19H,6-7,10-11,17H2,1-2H3. The van der Waals surface area contributed by atoms with Crippen molar-refractivity contribution >= 4 is 0 Å². The van der Waals surface area contributed by atoms with Crippen molar-refractivity contribution in [3.05, 3.63) is 35.9 Å². The number of aliphatic hydroxyl groups excluding tert-OH is 1. The molecule has 0 aromatic heterocycles. The maximum Gasteiger partial charge on any atom is 0.0695 e. The van der Waals surface area contributed by atoms with Gasteiger partial charge in [0.25, 0.3) is 0 Å². The third-order valence-electron chi connectivity index (χ3n) is 4.29. The second-order valence-corrected chi connectivity index (χ2v) is 5.80. The fourth-order valence-corrected chi connectivity index (χ4v) is 3.33. The number of hydrogen-bond acceptors (Lipinski definition) is 3. The van der Waals surface area contributed by atoms with Crippen molar-refractivity contribution < 1.29 is 5.11 Å². The zero-order chi connectivity index (χ0) is 13.8. The van der Waals surface area contributed by atoms with Crippen molar-refractivity contribution in [3.63, 3.8) is 0 Å². The van der Waals surface area contributed by atoms with Crippen molar-refractivity contribution in [1.82, 2.24) is 4.90 Å². The van der Waals surface area contributed by atoms with Crippen LogP contribution in [0.5, 0.6) is 0 Å². The Labute approximate surface area is 116 Å². The number of rotatable bonds is 4. The van der Waals surface area contributed by atoms with Crippen LogP contribution in [0.2, 0.25) is 0 Å². The van der Waals surface area contributed by atoms with E-state index >= 15 is 0 Å². The summed E-state index contributed by atoms with van der Waals surface area (Å²) in [5, 5.41) is 10.2. The van der Waals surface area contributed by atoms with Gasteiger partial charge in [0.1, 0.15) is 0 Å². The molecule has 19 heavy (non-hydrogen) atoms. The minimum absolute atomic E-state index is 0.0431. The molecule has 1 aliphatic rings. The van der Waals surface area contributed by atoms with Gasteiger partial charge in [-0.25, -0.2) is 0 Å². The molecule has 2 rings (SSSR count). The quantitative estimate of drug-likeness (QED) is 0.875. The molecule has 1 fully saturated rings. The average molecular weight is 262 g/mol. The summed E-state index contributed by atoms with van der Waals surface area (Å²) in [7, 11) is 2.10. The van der Waals surface area contributed by atoms with Crippen molar-refractivity contribution in [2.75, 3.05) is 7.05 Å². The molecule has 0 spiro atoms. The van der Waals surface area contributed by atoms with Gasteiger partial charge in [-0.05, 0) is 32.4 Å². The van der Waals surface area contributed by atoms with Gasteiger partial charge in [0.2, 0.25) is 0 Å². The van der Waals surface area contributed by atoms with Crippen LogP contribution in [-0.4, -0.2) is 35.2 Å². The molecule has 106 valence electrons. The molecule has 3 heteroatoms. The molecule has 0 bridgehead atoms. The van der Waals surface area contributed by atoms with Gasteiger partial charge in [-0.3, -0.25) is 4.90 Å². The average Bonchev–Trinajstić information content (AvgIpc) is 2.40. The van der Waals surface area contributed by atoms with Gasteiger partial charge < -0.3 is 10.8 Å². The molecule has 3 nitrogen and oxygen atoms in total. The molecule has 0 amide bonds. The predicted molar refractivity (Wildman–Crippen MR) is 78.9 cm³/mol. The molecule has 0 radical (unpaired) electrons. The molecule has 1 saturated carbocycles. The zero-order valence-electron chi connectivity index (χ0n) is 12.0. The lowest BCUT2D eigenvalue weighted by atomic mass is 9.88. The fourth-order valence-electron chi connectivity index (χ4n) is 3.33. The van der Waals surface area contributed by atoms with Gasteiger partial charge in [0, 0.05) is 18.1 Å². The number of hydrogen-bond donors (Lipinski definition) is 2. The van der Waals surface area contributed by atoms with Crippen LogP contribution in [0, 0.1) is 0 Å². The minimum Gasteiger partial charge on any atom is -0.391 e. The van der Waals surface area contributed by atoms with E-state index in [1.165, 1.54) is 12.0 Å². The van der Waals surface area contributed by atoms with Gasteiger partial charge in [-0.15, -0.1) is 0 Å². The summed E-state index contributed by atoms with van der Waals surface area (Å²) in [6, 6.07) is 10.8. The Morgan fingerprint density at radius 2 is 1.84 bits per heavy atom. The second kappa shape index (κ2) is 6.51. The van der Waals surface area contributed by atoms with Crippen LogP contribution >= 0.6 is 0 Å².